The van der Waals surface area contributed by atoms with E-state index in [2.05, 4.69) is 0 Å². The zero-order chi connectivity index (χ0) is 11.9. The zero-order valence-electron chi connectivity index (χ0n) is 8.28. The molecule has 0 saturated heterocycles. The number of carbonyl (C=O) groups is 1. The lowest BCUT2D eigenvalue weighted by Crippen LogP contribution is -2.12. The SMILES string of the molecule is Cc1c(C(=O)O)oc2ccc(Cl)cc2c1=O. The van der Waals surface area contributed by atoms with Gasteiger partial charge in [-0.3, -0.25) is 4.79 Å². The summed E-state index contributed by atoms with van der Waals surface area (Å²) in [6, 6.07) is 4.47. The van der Waals surface area contributed by atoms with Crippen LogP contribution >= 0.6 is 11.6 Å². The summed E-state index contributed by atoms with van der Waals surface area (Å²) in [6.45, 7) is 1.41. The van der Waals surface area contributed by atoms with Crippen LogP contribution in [0, 0.1) is 6.92 Å². The van der Waals surface area contributed by atoms with Crippen LogP contribution in [0.15, 0.2) is 27.4 Å². The minimum atomic E-state index is -1.26. The molecule has 0 amide bonds. The Hall–Kier alpha value is -1.81. The lowest BCUT2D eigenvalue weighted by Gasteiger charge is -2.02. The first-order chi connectivity index (χ1) is 7.50. The van der Waals surface area contributed by atoms with Crippen LogP contribution in [0.1, 0.15) is 16.1 Å². The Kier molecular flexibility index (Phi) is 2.44. The first-order valence-corrected chi connectivity index (χ1v) is 4.85. The molecule has 4 nitrogen and oxygen atoms in total. The summed E-state index contributed by atoms with van der Waals surface area (Å²) in [5, 5.41) is 9.54. The van der Waals surface area contributed by atoms with Crippen LogP contribution in [0.2, 0.25) is 5.02 Å². The molecule has 2 aromatic rings. The molecule has 5 heteroatoms. The van der Waals surface area contributed by atoms with Gasteiger partial charge in [-0.05, 0) is 25.1 Å². The van der Waals surface area contributed by atoms with Gasteiger partial charge >= 0.3 is 5.97 Å². The topological polar surface area (TPSA) is 67.5 Å². The summed E-state index contributed by atoms with van der Waals surface area (Å²) in [5.41, 5.74) is -0.0826. The maximum atomic E-state index is 11.8. The van der Waals surface area contributed by atoms with Gasteiger partial charge in [-0.25, -0.2) is 4.79 Å². The zero-order valence-corrected chi connectivity index (χ0v) is 9.04. The Balaban J connectivity index is 2.94. The van der Waals surface area contributed by atoms with Crippen molar-refractivity contribution in [3.8, 4) is 0 Å². The molecule has 1 aromatic carbocycles. The maximum absolute atomic E-state index is 11.8. The second kappa shape index (κ2) is 3.64. The average Bonchev–Trinajstić information content (AvgIpc) is 2.23. The van der Waals surface area contributed by atoms with E-state index in [1.54, 1.807) is 0 Å². The Morgan fingerprint density at radius 3 is 2.75 bits per heavy atom. The highest BCUT2D eigenvalue weighted by Crippen LogP contribution is 2.19. The molecule has 0 radical (unpaired) electrons. The molecular formula is C11H7ClO4. The molecule has 0 atom stereocenters. The molecule has 0 aliphatic heterocycles. The van der Waals surface area contributed by atoms with Gasteiger partial charge in [0.2, 0.25) is 5.76 Å². The smallest absolute Gasteiger partial charge is 0.372 e. The highest BCUT2D eigenvalue weighted by Gasteiger charge is 2.16. The summed E-state index contributed by atoms with van der Waals surface area (Å²) in [4.78, 5) is 22.6. The van der Waals surface area contributed by atoms with Crippen LogP contribution in [0.4, 0.5) is 0 Å². The molecule has 1 heterocycles. The number of carboxylic acids is 1. The highest BCUT2D eigenvalue weighted by molar-refractivity contribution is 6.31. The molecule has 0 unspecified atom stereocenters. The van der Waals surface area contributed by atoms with Crippen LogP contribution in [-0.2, 0) is 0 Å². The van der Waals surface area contributed by atoms with Gasteiger partial charge in [0.1, 0.15) is 5.58 Å². The first kappa shape index (κ1) is 10.7. The van der Waals surface area contributed by atoms with Gasteiger partial charge < -0.3 is 9.52 Å². The van der Waals surface area contributed by atoms with Crippen LogP contribution in [0.3, 0.4) is 0 Å². The lowest BCUT2D eigenvalue weighted by molar-refractivity contribution is 0.0661. The second-order valence-corrected chi connectivity index (χ2v) is 3.77. The Labute approximate surface area is 95.1 Å². The fourth-order valence-corrected chi connectivity index (χ4v) is 1.64. The molecule has 0 aliphatic rings. The predicted octanol–water partition coefficient (Wildman–Crippen LogP) is 2.45. The summed E-state index contributed by atoms with van der Waals surface area (Å²) >= 11 is 5.75. The third-order valence-electron chi connectivity index (χ3n) is 2.27. The van der Waals surface area contributed by atoms with Gasteiger partial charge in [0, 0.05) is 10.6 Å². The van der Waals surface area contributed by atoms with Gasteiger partial charge in [-0.1, -0.05) is 11.6 Å². The maximum Gasteiger partial charge on any atom is 0.372 e. The molecule has 0 saturated carbocycles. The molecule has 16 heavy (non-hydrogen) atoms. The first-order valence-electron chi connectivity index (χ1n) is 4.47. The quantitative estimate of drug-likeness (QED) is 0.829. The van der Waals surface area contributed by atoms with Crippen LogP contribution in [0.25, 0.3) is 11.0 Å². The van der Waals surface area contributed by atoms with E-state index in [1.807, 2.05) is 0 Å². The molecule has 0 aliphatic carbocycles. The predicted molar refractivity (Wildman–Crippen MR) is 59.2 cm³/mol. The monoisotopic (exact) mass is 238 g/mol. The minimum absolute atomic E-state index is 0.0715. The van der Waals surface area contributed by atoms with E-state index < -0.39 is 5.97 Å². The Morgan fingerprint density at radius 2 is 2.12 bits per heavy atom. The van der Waals surface area contributed by atoms with Gasteiger partial charge in [-0.15, -0.1) is 0 Å². The number of hydrogen-bond acceptors (Lipinski definition) is 3. The molecule has 0 bridgehead atoms. The van der Waals surface area contributed by atoms with Gasteiger partial charge in [0.15, 0.2) is 5.43 Å². The van der Waals surface area contributed by atoms with Gasteiger partial charge in [0.05, 0.1) is 5.39 Å². The number of rotatable bonds is 1. The standard InChI is InChI=1S/C11H7ClO4/c1-5-9(13)7-4-6(12)2-3-8(7)16-10(5)11(14)15/h2-4H,1H3,(H,14,15). The lowest BCUT2D eigenvalue weighted by atomic mass is 10.1. The highest BCUT2D eigenvalue weighted by atomic mass is 35.5. The van der Waals surface area contributed by atoms with E-state index >= 15 is 0 Å². The minimum Gasteiger partial charge on any atom is -0.475 e. The van der Waals surface area contributed by atoms with Crippen molar-refractivity contribution in [1.29, 1.82) is 0 Å². The largest absolute Gasteiger partial charge is 0.475 e. The van der Waals surface area contributed by atoms with E-state index in [9.17, 15) is 9.59 Å². The molecule has 2 rings (SSSR count). The number of aromatic carboxylic acids is 1. The molecule has 0 spiro atoms. The fraction of sp³-hybridized carbons (Fsp3) is 0.0909. The molecule has 82 valence electrons. The summed E-state index contributed by atoms with van der Waals surface area (Å²) in [5.74, 6) is -1.59. The van der Waals surface area contributed by atoms with Crippen LogP contribution < -0.4 is 5.43 Å². The van der Waals surface area contributed by atoms with E-state index in [1.165, 1.54) is 25.1 Å². The second-order valence-electron chi connectivity index (χ2n) is 3.33. The number of benzene rings is 1. The average molecular weight is 239 g/mol. The summed E-state index contributed by atoms with van der Waals surface area (Å²) in [6.07, 6.45) is 0. The van der Waals surface area contributed by atoms with Crippen LogP contribution in [0.5, 0.6) is 0 Å². The van der Waals surface area contributed by atoms with Crippen molar-refractivity contribution in [2.24, 2.45) is 0 Å². The normalized spacial score (nSPS) is 10.6. The van der Waals surface area contributed by atoms with Crippen molar-refractivity contribution in [2.75, 3.05) is 0 Å². The van der Waals surface area contributed by atoms with E-state index in [0.717, 1.165) is 0 Å². The molecule has 1 aromatic heterocycles. The number of halogens is 1. The van der Waals surface area contributed by atoms with Crippen molar-refractivity contribution < 1.29 is 14.3 Å². The number of fused-ring (bicyclic) bond motifs is 1. The Bertz CT molecular complexity index is 642. The number of hydrogen-bond donors (Lipinski definition) is 1. The van der Waals surface area contributed by atoms with E-state index in [0.29, 0.717) is 5.02 Å². The van der Waals surface area contributed by atoms with Gasteiger partial charge in [-0.2, -0.15) is 0 Å². The van der Waals surface area contributed by atoms with Crippen molar-refractivity contribution >= 4 is 28.5 Å². The third-order valence-corrected chi connectivity index (χ3v) is 2.51. The van der Waals surface area contributed by atoms with E-state index in [4.69, 9.17) is 21.1 Å². The molecule has 0 fully saturated rings. The van der Waals surface area contributed by atoms with Crippen molar-refractivity contribution in [2.45, 2.75) is 6.92 Å². The number of carboxylic acid groups (broad SMARTS) is 1. The van der Waals surface area contributed by atoms with Gasteiger partial charge in [0.25, 0.3) is 0 Å². The summed E-state index contributed by atoms with van der Waals surface area (Å²) in [7, 11) is 0. The molecule has 1 N–H and O–H groups in total. The third kappa shape index (κ3) is 1.57. The van der Waals surface area contributed by atoms with Crippen molar-refractivity contribution in [3.05, 3.63) is 44.8 Å². The van der Waals surface area contributed by atoms with Crippen LogP contribution in [-0.4, -0.2) is 11.1 Å². The fourth-order valence-electron chi connectivity index (χ4n) is 1.46. The molecular weight excluding hydrogens is 232 g/mol. The Morgan fingerprint density at radius 1 is 1.44 bits per heavy atom. The van der Waals surface area contributed by atoms with Crippen molar-refractivity contribution in [3.63, 3.8) is 0 Å². The van der Waals surface area contributed by atoms with E-state index in [-0.39, 0.29) is 27.7 Å². The van der Waals surface area contributed by atoms with Crippen molar-refractivity contribution in [1.82, 2.24) is 0 Å². The summed E-state index contributed by atoms with van der Waals surface area (Å²) < 4.78 is 5.13.